The maximum Gasteiger partial charge on any atom is 0.306 e. The van der Waals surface area contributed by atoms with Gasteiger partial charge in [0.25, 0.3) is 5.69 Å². The van der Waals surface area contributed by atoms with E-state index in [9.17, 15) is 14.9 Å². The number of carboxylic acids is 1. The van der Waals surface area contributed by atoms with Crippen LogP contribution in [0.25, 0.3) is 0 Å². The fraction of sp³-hybridized carbons (Fsp3) is 0.533. The van der Waals surface area contributed by atoms with Crippen LogP contribution < -0.4 is 5.32 Å². The van der Waals surface area contributed by atoms with Gasteiger partial charge in [0.15, 0.2) is 0 Å². The fourth-order valence-electron chi connectivity index (χ4n) is 2.82. The molecule has 1 aliphatic carbocycles. The van der Waals surface area contributed by atoms with E-state index in [0.29, 0.717) is 31.0 Å². The first kappa shape index (κ1) is 15.3. The number of aryl methyl sites for hydroxylation is 1. The molecule has 2 rings (SSSR count). The van der Waals surface area contributed by atoms with Gasteiger partial charge in [-0.3, -0.25) is 14.9 Å². The van der Waals surface area contributed by atoms with Gasteiger partial charge < -0.3 is 10.4 Å². The van der Waals surface area contributed by atoms with E-state index in [0.717, 1.165) is 18.4 Å². The molecule has 0 spiro atoms. The lowest BCUT2D eigenvalue weighted by Crippen LogP contribution is -2.25. The highest BCUT2D eigenvalue weighted by molar-refractivity contribution is 5.70. The molecule has 1 saturated carbocycles. The van der Waals surface area contributed by atoms with Crippen molar-refractivity contribution in [2.24, 2.45) is 11.8 Å². The summed E-state index contributed by atoms with van der Waals surface area (Å²) in [6, 6.07) is 5.02. The Kier molecular flexibility index (Phi) is 4.77. The zero-order chi connectivity index (χ0) is 15.4. The Morgan fingerprint density at radius 2 is 2.05 bits per heavy atom. The SMILES string of the molecule is Cc1ccc([N+](=O)[O-])c(NCC2CCC(C(=O)O)CC2)c1. The molecule has 0 aromatic heterocycles. The quantitative estimate of drug-likeness (QED) is 0.642. The summed E-state index contributed by atoms with van der Waals surface area (Å²) in [6.07, 6.45) is 3.09. The van der Waals surface area contributed by atoms with Crippen molar-refractivity contribution in [1.82, 2.24) is 0 Å². The molecule has 21 heavy (non-hydrogen) atoms. The largest absolute Gasteiger partial charge is 0.481 e. The molecule has 1 aliphatic rings. The van der Waals surface area contributed by atoms with E-state index >= 15 is 0 Å². The number of nitro benzene ring substituents is 1. The van der Waals surface area contributed by atoms with Crippen LogP contribution >= 0.6 is 0 Å². The number of rotatable bonds is 5. The second-order valence-corrected chi connectivity index (χ2v) is 5.71. The minimum atomic E-state index is -0.712. The van der Waals surface area contributed by atoms with Gasteiger partial charge in [-0.15, -0.1) is 0 Å². The number of benzene rings is 1. The maximum absolute atomic E-state index is 11.0. The predicted octanol–water partition coefficient (Wildman–Crippen LogP) is 3.21. The molecule has 0 saturated heterocycles. The molecule has 6 nitrogen and oxygen atoms in total. The number of carboxylic acid groups (broad SMARTS) is 1. The van der Waals surface area contributed by atoms with E-state index < -0.39 is 5.97 Å². The molecule has 0 atom stereocenters. The Hall–Kier alpha value is -2.11. The van der Waals surface area contributed by atoms with Gasteiger partial charge in [-0.25, -0.2) is 0 Å². The Morgan fingerprint density at radius 3 is 2.62 bits per heavy atom. The predicted molar refractivity (Wildman–Crippen MR) is 79.4 cm³/mol. The van der Waals surface area contributed by atoms with Crippen LogP contribution in [-0.2, 0) is 4.79 Å². The standard InChI is InChI=1S/C15H20N2O4/c1-10-2-7-14(17(20)21)13(8-10)16-9-11-3-5-12(6-4-11)15(18)19/h2,7-8,11-12,16H,3-6,9H2,1H3,(H,18,19). The minimum Gasteiger partial charge on any atom is -0.481 e. The highest BCUT2D eigenvalue weighted by Crippen LogP contribution is 2.31. The number of aliphatic carboxylic acids is 1. The molecule has 0 unspecified atom stereocenters. The zero-order valence-corrected chi connectivity index (χ0v) is 12.0. The molecule has 2 N–H and O–H groups in total. The van der Waals surface area contributed by atoms with Crippen LogP contribution in [0.4, 0.5) is 11.4 Å². The van der Waals surface area contributed by atoms with Crippen LogP contribution in [0, 0.1) is 28.9 Å². The van der Waals surface area contributed by atoms with Gasteiger partial charge in [-0.1, -0.05) is 6.07 Å². The van der Waals surface area contributed by atoms with Crippen molar-refractivity contribution >= 4 is 17.3 Å². The summed E-state index contributed by atoms with van der Waals surface area (Å²) in [4.78, 5) is 21.5. The summed E-state index contributed by atoms with van der Waals surface area (Å²) in [6.45, 7) is 2.55. The summed E-state index contributed by atoms with van der Waals surface area (Å²) < 4.78 is 0. The first-order valence-electron chi connectivity index (χ1n) is 7.19. The van der Waals surface area contributed by atoms with Gasteiger partial charge in [0.05, 0.1) is 10.8 Å². The molecule has 0 aliphatic heterocycles. The van der Waals surface area contributed by atoms with E-state index in [4.69, 9.17) is 5.11 Å². The average Bonchev–Trinajstić information content (AvgIpc) is 2.45. The van der Waals surface area contributed by atoms with Crippen molar-refractivity contribution in [2.45, 2.75) is 32.6 Å². The van der Waals surface area contributed by atoms with Crippen LogP contribution in [0.5, 0.6) is 0 Å². The van der Waals surface area contributed by atoms with Crippen LogP contribution in [-0.4, -0.2) is 22.5 Å². The number of hydrogen-bond donors (Lipinski definition) is 2. The Labute approximate surface area is 123 Å². The molecule has 0 heterocycles. The highest BCUT2D eigenvalue weighted by atomic mass is 16.6. The van der Waals surface area contributed by atoms with E-state index in [-0.39, 0.29) is 16.5 Å². The van der Waals surface area contributed by atoms with Crippen LogP contribution in [0.1, 0.15) is 31.2 Å². The number of anilines is 1. The van der Waals surface area contributed by atoms with E-state index in [1.54, 1.807) is 12.1 Å². The van der Waals surface area contributed by atoms with Crippen molar-refractivity contribution in [3.63, 3.8) is 0 Å². The second kappa shape index (κ2) is 6.56. The summed E-state index contributed by atoms with van der Waals surface area (Å²) in [5.41, 5.74) is 1.60. The Bertz CT molecular complexity index is 536. The van der Waals surface area contributed by atoms with Gasteiger partial charge in [0, 0.05) is 12.6 Å². The van der Waals surface area contributed by atoms with Crippen molar-refractivity contribution < 1.29 is 14.8 Å². The average molecular weight is 292 g/mol. The third kappa shape index (κ3) is 3.93. The summed E-state index contributed by atoms with van der Waals surface area (Å²) in [5, 5.41) is 23.1. The Morgan fingerprint density at radius 1 is 1.38 bits per heavy atom. The van der Waals surface area contributed by atoms with Crippen LogP contribution in [0.15, 0.2) is 18.2 Å². The molecule has 0 bridgehead atoms. The molecule has 114 valence electrons. The molecule has 0 radical (unpaired) electrons. The van der Waals surface area contributed by atoms with Gasteiger partial charge in [-0.05, 0) is 50.2 Å². The Balaban J connectivity index is 1.93. The topological polar surface area (TPSA) is 92.5 Å². The highest BCUT2D eigenvalue weighted by Gasteiger charge is 2.26. The first-order chi connectivity index (χ1) is 9.97. The van der Waals surface area contributed by atoms with Crippen molar-refractivity contribution in [2.75, 3.05) is 11.9 Å². The lowest BCUT2D eigenvalue weighted by atomic mass is 9.82. The van der Waals surface area contributed by atoms with Gasteiger partial charge in [-0.2, -0.15) is 0 Å². The van der Waals surface area contributed by atoms with Crippen LogP contribution in [0.2, 0.25) is 0 Å². The number of nitrogens with zero attached hydrogens (tertiary/aromatic N) is 1. The maximum atomic E-state index is 11.0. The normalized spacial score (nSPS) is 21.8. The second-order valence-electron chi connectivity index (χ2n) is 5.71. The lowest BCUT2D eigenvalue weighted by Gasteiger charge is -2.26. The molecule has 6 heteroatoms. The van der Waals surface area contributed by atoms with Crippen molar-refractivity contribution in [3.05, 3.63) is 33.9 Å². The number of hydrogen-bond acceptors (Lipinski definition) is 4. The molecule has 0 amide bonds. The van der Waals surface area contributed by atoms with Gasteiger partial charge >= 0.3 is 5.97 Å². The number of nitro groups is 1. The fourth-order valence-corrected chi connectivity index (χ4v) is 2.82. The monoisotopic (exact) mass is 292 g/mol. The number of carbonyl (C=O) groups is 1. The van der Waals surface area contributed by atoms with Gasteiger partial charge in [0.1, 0.15) is 5.69 Å². The van der Waals surface area contributed by atoms with Gasteiger partial charge in [0.2, 0.25) is 0 Å². The lowest BCUT2D eigenvalue weighted by molar-refractivity contribution is -0.384. The smallest absolute Gasteiger partial charge is 0.306 e. The van der Waals surface area contributed by atoms with E-state index in [2.05, 4.69) is 5.32 Å². The summed E-state index contributed by atoms with van der Waals surface area (Å²) in [7, 11) is 0. The zero-order valence-electron chi connectivity index (χ0n) is 12.0. The third-order valence-electron chi connectivity index (χ3n) is 4.13. The first-order valence-corrected chi connectivity index (χ1v) is 7.19. The van der Waals surface area contributed by atoms with E-state index in [1.807, 2.05) is 6.92 Å². The number of nitrogens with one attached hydrogen (secondary N) is 1. The van der Waals surface area contributed by atoms with Crippen molar-refractivity contribution in [3.8, 4) is 0 Å². The third-order valence-corrected chi connectivity index (χ3v) is 4.13. The minimum absolute atomic E-state index is 0.0832. The molecule has 1 aromatic rings. The molecule has 1 fully saturated rings. The molecule has 1 aromatic carbocycles. The molecular weight excluding hydrogens is 272 g/mol. The van der Waals surface area contributed by atoms with Crippen molar-refractivity contribution in [1.29, 1.82) is 0 Å². The molecular formula is C15H20N2O4. The van der Waals surface area contributed by atoms with E-state index in [1.165, 1.54) is 6.07 Å². The van der Waals surface area contributed by atoms with Crippen LogP contribution in [0.3, 0.4) is 0 Å². The summed E-state index contributed by atoms with van der Waals surface area (Å²) in [5.74, 6) is -0.564. The summed E-state index contributed by atoms with van der Waals surface area (Å²) >= 11 is 0.